The van der Waals surface area contributed by atoms with Crippen molar-refractivity contribution in [3.8, 4) is 17.2 Å². The third-order valence-corrected chi connectivity index (χ3v) is 14.7. The van der Waals surface area contributed by atoms with E-state index >= 15 is 0 Å². The molecular formula is C61H82F2N10O9. The number of piperidine rings is 1. The number of nitrogens with zero attached hydrogens (tertiary/aromatic N) is 4. The van der Waals surface area contributed by atoms with E-state index in [0.717, 1.165) is 116 Å². The summed E-state index contributed by atoms with van der Waals surface area (Å²) >= 11 is 0. The minimum absolute atomic E-state index is 0.0376. The van der Waals surface area contributed by atoms with Gasteiger partial charge in [0.2, 0.25) is 49.3 Å². The average Bonchev–Trinajstić information content (AvgIpc) is 4.33. The molecule has 4 fully saturated rings. The Kier molecular flexibility index (Phi) is 27.2. The number of carbonyl (C=O) groups is 7. The maximum Gasteiger partial charge on any atom is 0.243 e. The summed E-state index contributed by atoms with van der Waals surface area (Å²) in [5.41, 5.74) is 13.6. The molecule has 3 aromatic carbocycles. The molecule has 444 valence electrons. The van der Waals surface area contributed by atoms with E-state index in [1.807, 2.05) is 87.5 Å². The molecule has 82 heavy (non-hydrogen) atoms. The molecule has 21 heteroatoms. The van der Waals surface area contributed by atoms with Gasteiger partial charge in [-0.3, -0.25) is 38.5 Å². The molecule has 0 radical (unpaired) electrons. The van der Waals surface area contributed by atoms with Crippen molar-refractivity contribution in [3.05, 3.63) is 120 Å². The number of H-pyrrole nitrogens is 1. The third-order valence-electron chi connectivity index (χ3n) is 14.7. The van der Waals surface area contributed by atoms with E-state index in [1.54, 1.807) is 12.4 Å². The zero-order valence-electron chi connectivity index (χ0n) is 47.6. The summed E-state index contributed by atoms with van der Waals surface area (Å²) in [5, 5.41) is 10.3. The Morgan fingerprint density at radius 3 is 2.28 bits per heavy atom. The number of aryl methyl sites for hydroxylation is 1. The first-order valence-corrected chi connectivity index (χ1v) is 28.3. The molecule has 0 saturated carbocycles. The molecule has 8 N–H and O–H groups in total. The van der Waals surface area contributed by atoms with Crippen LogP contribution in [0.3, 0.4) is 0 Å². The van der Waals surface area contributed by atoms with Gasteiger partial charge in [0.1, 0.15) is 23.3 Å². The van der Waals surface area contributed by atoms with E-state index in [4.69, 9.17) is 19.1 Å². The van der Waals surface area contributed by atoms with Crippen LogP contribution in [-0.4, -0.2) is 137 Å². The van der Waals surface area contributed by atoms with Crippen molar-refractivity contribution in [2.24, 2.45) is 17.4 Å². The molecule has 4 aliphatic rings. The number of pyridine rings is 1. The fourth-order valence-corrected chi connectivity index (χ4v) is 10.8. The standard InChI is InChI=1S/C48H63N5O6.C9H9N3O.C2H4F2.2CH3NO/c1-4-39-19-20-43(53(39)45(54)17-8-9-25-58-40-14-6-5-7-15-40)47(56)50-38-31-51(32-38)48(57)42-29-37(22-23-49-42)27-36-18-21-44(33(2)26-36)59-41-16-10-13-35(28-41)30-46(55)52-24-11-12-34(52)3;13-6-11-5-8-3-7-4-10-2-1-9(7)12-8;1-2(3)4;2*2-1-3/h5-7,10,13-16,18,21,26,28,34,37-39,42-43,49H,4,8-9,11-12,17,19-20,22-25,27,29-32H2,1-3H3,(H,50,56);1-4,6,12H,5H2,(H,11,13);2H,1H3;2*1H,(H2,2,3). The van der Waals surface area contributed by atoms with Gasteiger partial charge in [-0.1, -0.05) is 49.4 Å². The number of aromatic amines is 1. The number of carbonyl (C=O) groups excluding carboxylic acids is 7. The highest BCUT2D eigenvalue weighted by atomic mass is 19.3. The van der Waals surface area contributed by atoms with Gasteiger partial charge in [-0.2, -0.15) is 0 Å². The van der Waals surface area contributed by atoms with Crippen molar-refractivity contribution in [1.29, 1.82) is 0 Å². The normalized spacial score (nSPS) is 19.0. The molecule has 5 atom stereocenters. The highest BCUT2D eigenvalue weighted by molar-refractivity contribution is 5.89. The van der Waals surface area contributed by atoms with Gasteiger partial charge >= 0.3 is 0 Å². The Balaban J connectivity index is 0.000000447. The predicted octanol–water partition coefficient (Wildman–Crippen LogP) is 6.88. The van der Waals surface area contributed by atoms with Crippen LogP contribution in [0.1, 0.15) is 107 Å². The highest BCUT2D eigenvalue weighted by Crippen LogP contribution is 2.31. The number of hydrogen-bond donors (Lipinski definition) is 6. The van der Waals surface area contributed by atoms with Crippen molar-refractivity contribution in [1.82, 2.24) is 40.6 Å². The molecule has 4 saturated heterocycles. The number of halogens is 2. The Morgan fingerprint density at radius 1 is 0.878 bits per heavy atom. The van der Waals surface area contributed by atoms with Crippen LogP contribution in [-0.2, 0) is 52.9 Å². The number of ether oxygens (including phenoxy) is 2. The van der Waals surface area contributed by atoms with Gasteiger partial charge in [-0.15, -0.1) is 0 Å². The minimum atomic E-state index is -2.17. The molecule has 0 spiro atoms. The Bertz CT molecular complexity index is 2760. The number of rotatable bonds is 19. The van der Waals surface area contributed by atoms with Crippen LogP contribution in [0.4, 0.5) is 8.78 Å². The molecule has 0 aliphatic carbocycles. The van der Waals surface area contributed by atoms with Crippen LogP contribution in [0.15, 0.2) is 97.3 Å². The lowest BCUT2D eigenvalue weighted by Gasteiger charge is -2.43. The summed E-state index contributed by atoms with van der Waals surface area (Å²) in [6, 6.07) is 27.3. The van der Waals surface area contributed by atoms with Crippen LogP contribution in [0.5, 0.6) is 17.2 Å². The zero-order chi connectivity index (χ0) is 59.4. The van der Waals surface area contributed by atoms with Crippen LogP contribution >= 0.6 is 0 Å². The van der Waals surface area contributed by atoms with Gasteiger partial charge < -0.3 is 56.6 Å². The molecule has 2 aromatic heterocycles. The molecule has 5 aromatic rings. The van der Waals surface area contributed by atoms with E-state index in [1.165, 1.54) is 5.56 Å². The van der Waals surface area contributed by atoms with Crippen LogP contribution in [0.2, 0.25) is 0 Å². The number of hydrogen-bond acceptors (Lipinski definition) is 11. The first kappa shape index (κ1) is 64.9. The molecule has 0 bridgehead atoms. The monoisotopic (exact) mass is 1140 g/mol. The van der Waals surface area contributed by atoms with Crippen LogP contribution in [0, 0.1) is 12.8 Å². The second kappa shape index (κ2) is 34.4. The largest absolute Gasteiger partial charge is 0.494 e. The number of nitrogens with two attached hydrogens (primary N) is 2. The maximum atomic E-state index is 13.6. The highest BCUT2D eigenvalue weighted by Gasteiger charge is 2.43. The van der Waals surface area contributed by atoms with E-state index in [0.29, 0.717) is 70.3 Å². The van der Waals surface area contributed by atoms with E-state index in [-0.39, 0.29) is 54.6 Å². The SMILES string of the molecule is CC(F)F.CCC1CCC(C(=O)NC2CN(C(=O)C3CC(Cc4ccc(Oc5cccc(CC(=O)N6CCCC6C)c5)c(C)c4)CCN3)C2)N1C(=O)CCCCOc1ccccc1.NC=O.NC=O.O=CNCc1cc2cnccc2[nH]1. The van der Waals surface area contributed by atoms with Gasteiger partial charge in [0, 0.05) is 67.1 Å². The fourth-order valence-electron chi connectivity index (χ4n) is 10.8. The number of unbranched alkanes of at least 4 members (excludes halogenated alkanes) is 1. The maximum absolute atomic E-state index is 13.6. The van der Waals surface area contributed by atoms with E-state index < -0.39 is 12.5 Å². The summed E-state index contributed by atoms with van der Waals surface area (Å²) in [5.74, 6) is 2.92. The molecule has 9 rings (SSSR count). The number of amides is 7. The van der Waals surface area contributed by atoms with Gasteiger partial charge in [-0.25, -0.2) is 8.78 Å². The summed E-state index contributed by atoms with van der Waals surface area (Å²) in [4.78, 5) is 93.5. The van der Waals surface area contributed by atoms with Gasteiger partial charge in [-0.05, 0) is 157 Å². The zero-order valence-corrected chi connectivity index (χ0v) is 47.6. The second-order valence-corrected chi connectivity index (χ2v) is 20.8. The molecular weight excluding hydrogens is 1050 g/mol. The number of alkyl halides is 2. The molecule has 7 amide bonds. The quantitative estimate of drug-likeness (QED) is 0.0367. The van der Waals surface area contributed by atoms with E-state index in [9.17, 15) is 32.8 Å². The van der Waals surface area contributed by atoms with Crippen molar-refractivity contribution in [3.63, 3.8) is 0 Å². The summed E-state index contributed by atoms with van der Waals surface area (Å²) in [6.07, 6.45) is 11.9. The number of aromatic nitrogens is 2. The summed E-state index contributed by atoms with van der Waals surface area (Å²) in [6.45, 7) is 10.8. The van der Waals surface area contributed by atoms with E-state index in [2.05, 4.69) is 70.3 Å². The molecule has 6 heterocycles. The number of likely N-dealkylation sites (tertiary alicyclic amines) is 3. The summed E-state index contributed by atoms with van der Waals surface area (Å²) in [7, 11) is 0. The molecule has 5 unspecified atom stereocenters. The first-order valence-electron chi connectivity index (χ1n) is 28.3. The molecule has 19 nitrogen and oxygen atoms in total. The lowest BCUT2D eigenvalue weighted by molar-refractivity contribution is -0.143. The van der Waals surface area contributed by atoms with Crippen molar-refractivity contribution < 1.29 is 51.8 Å². The second-order valence-electron chi connectivity index (χ2n) is 20.8. The fraction of sp³-hybridized carbons (Fsp3) is 0.475. The Hall–Kier alpha value is -7.94. The number of fused-ring (bicyclic) bond motifs is 1. The van der Waals surface area contributed by atoms with Crippen molar-refractivity contribution in [2.45, 2.75) is 148 Å². The number of benzene rings is 3. The lowest BCUT2D eigenvalue weighted by atomic mass is 9.86. The summed E-state index contributed by atoms with van der Waals surface area (Å²) < 4.78 is 32.8. The lowest BCUT2D eigenvalue weighted by Crippen LogP contribution is -2.66. The van der Waals surface area contributed by atoms with Crippen molar-refractivity contribution >= 4 is 53.8 Å². The van der Waals surface area contributed by atoms with Gasteiger partial charge in [0.05, 0.1) is 31.7 Å². The number of nitrogens with one attached hydrogen (secondary N) is 4. The Morgan fingerprint density at radius 2 is 1.61 bits per heavy atom. The van der Waals surface area contributed by atoms with Crippen LogP contribution < -0.4 is 36.9 Å². The van der Waals surface area contributed by atoms with Gasteiger partial charge in [0.25, 0.3) is 0 Å². The van der Waals surface area contributed by atoms with Gasteiger partial charge in [0.15, 0.2) is 0 Å². The predicted molar refractivity (Wildman–Crippen MR) is 309 cm³/mol. The van der Waals surface area contributed by atoms with Crippen LogP contribution in [0.25, 0.3) is 10.9 Å². The first-order chi connectivity index (χ1) is 39.6. The Labute approximate surface area is 479 Å². The number of primary amides is 2. The third kappa shape index (κ3) is 20.6. The minimum Gasteiger partial charge on any atom is -0.494 e. The molecule has 4 aliphatic heterocycles. The van der Waals surface area contributed by atoms with Crippen molar-refractivity contribution in [2.75, 3.05) is 32.8 Å². The average molecular weight is 1140 g/mol. The number of para-hydroxylation sites is 1. The topological polar surface area (TPSA) is 264 Å². The smallest absolute Gasteiger partial charge is 0.243 e.